The van der Waals surface area contributed by atoms with Crippen LogP contribution in [0.3, 0.4) is 0 Å². The molecule has 3 N–H and O–H groups in total. The molecule has 0 atom stereocenters. The fraction of sp³-hybridized carbons (Fsp3) is 0. The van der Waals surface area contributed by atoms with Crippen LogP contribution in [0.15, 0.2) is 48.8 Å². The van der Waals surface area contributed by atoms with Crippen molar-refractivity contribution >= 4 is 86.6 Å². The maximum absolute atomic E-state index is 13.3. The van der Waals surface area contributed by atoms with Gasteiger partial charge >= 0.3 is 11.4 Å². The van der Waals surface area contributed by atoms with Gasteiger partial charge in [0.2, 0.25) is 21.5 Å². The van der Waals surface area contributed by atoms with E-state index in [0.717, 1.165) is 18.5 Å². The predicted octanol–water partition coefficient (Wildman–Crippen LogP) is 7.33. The SMILES string of the molecule is Nc1ccc(Cl)c(F)c1.O=[N+]([O-])c1cnc(Cl)nc1Cl.O=[N+]([O-])c1cnc(Cl)nc1Nc1ccc(Cl)c(F)c1. The zero-order valence-corrected chi connectivity index (χ0v) is 22.4. The highest BCUT2D eigenvalue weighted by atomic mass is 35.5. The van der Waals surface area contributed by atoms with Crippen molar-refractivity contribution in [2.75, 3.05) is 11.1 Å². The van der Waals surface area contributed by atoms with Gasteiger partial charge < -0.3 is 11.1 Å². The van der Waals surface area contributed by atoms with Crippen molar-refractivity contribution < 1.29 is 18.6 Å². The van der Waals surface area contributed by atoms with E-state index in [0.29, 0.717) is 5.69 Å². The van der Waals surface area contributed by atoms with Gasteiger partial charge in [-0.1, -0.05) is 34.8 Å². The Morgan fingerprint density at radius 2 is 1.28 bits per heavy atom. The number of hydrogen-bond acceptors (Lipinski definition) is 10. The lowest BCUT2D eigenvalue weighted by molar-refractivity contribution is -0.385. The zero-order chi connectivity index (χ0) is 29.3. The molecular formula is C20H11Cl5F2N8O4. The van der Waals surface area contributed by atoms with Crippen LogP contribution in [0.5, 0.6) is 0 Å². The first-order valence-electron chi connectivity index (χ1n) is 9.70. The van der Waals surface area contributed by atoms with E-state index in [2.05, 4.69) is 25.3 Å². The summed E-state index contributed by atoms with van der Waals surface area (Å²) in [5.41, 5.74) is 5.14. The molecule has 4 rings (SSSR count). The predicted molar refractivity (Wildman–Crippen MR) is 143 cm³/mol. The van der Waals surface area contributed by atoms with Gasteiger partial charge in [-0.05, 0) is 59.6 Å². The molecule has 2 aromatic heterocycles. The number of anilines is 3. The summed E-state index contributed by atoms with van der Waals surface area (Å²) in [5, 5.41) is 23.0. The van der Waals surface area contributed by atoms with Crippen molar-refractivity contribution in [1.82, 2.24) is 19.9 Å². The van der Waals surface area contributed by atoms with E-state index >= 15 is 0 Å². The van der Waals surface area contributed by atoms with Gasteiger partial charge in [0.25, 0.3) is 0 Å². The van der Waals surface area contributed by atoms with Crippen molar-refractivity contribution in [3.8, 4) is 0 Å². The molecule has 4 aromatic rings. The summed E-state index contributed by atoms with van der Waals surface area (Å²) in [6.45, 7) is 0. The summed E-state index contributed by atoms with van der Waals surface area (Å²) >= 11 is 27.1. The number of nitro groups is 2. The van der Waals surface area contributed by atoms with E-state index in [1.54, 1.807) is 6.07 Å². The second-order valence-corrected chi connectivity index (χ2v) is 8.48. The summed E-state index contributed by atoms with van der Waals surface area (Å²) in [5.74, 6) is -1.27. The lowest BCUT2D eigenvalue weighted by Crippen LogP contribution is -2.01. The summed E-state index contributed by atoms with van der Waals surface area (Å²) in [4.78, 5) is 33.5. The smallest absolute Gasteiger partial charge is 0.329 e. The monoisotopic (exact) mass is 640 g/mol. The second kappa shape index (κ2) is 14.5. The van der Waals surface area contributed by atoms with Crippen molar-refractivity contribution in [3.63, 3.8) is 0 Å². The summed E-state index contributed by atoms with van der Waals surface area (Å²) < 4.78 is 25.6. The quantitative estimate of drug-likeness (QED) is 0.0753. The molecule has 2 aromatic carbocycles. The third-order valence-corrected chi connectivity index (χ3v) is 5.21. The number of aromatic nitrogens is 4. The van der Waals surface area contributed by atoms with Crippen molar-refractivity contribution in [1.29, 1.82) is 0 Å². The highest BCUT2D eigenvalue weighted by Gasteiger charge is 2.17. The molecule has 0 saturated carbocycles. The number of halogens is 7. The first kappa shape index (κ1) is 31.5. The molecule has 0 saturated heterocycles. The maximum Gasteiger partial charge on any atom is 0.329 e. The van der Waals surface area contributed by atoms with Gasteiger partial charge in [0.1, 0.15) is 24.0 Å². The minimum atomic E-state index is -0.682. The molecule has 0 radical (unpaired) electrons. The van der Waals surface area contributed by atoms with Gasteiger partial charge in [0.05, 0.1) is 19.9 Å². The normalized spacial score (nSPS) is 9.92. The van der Waals surface area contributed by atoms with E-state index in [1.165, 1.54) is 24.3 Å². The molecule has 0 aliphatic heterocycles. The van der Waals surface area contributed by atoms with E-state index < -0.39 is 21.5 Å². The number of benzene rings is 2. The summed E-state index contributed by atoms with van der Waals surface area (Å²) in [7, 11) is 0. The third kappa shape index (κ3) is 9.85. The van der Waals surface area contributed by atoms with E-state index in [1.807, 2.05) is 0 Å². The van der Waals surface area contributed by atoms with Gasteiger partial charge in [0, 0.05) is 11.4 Å². The Balaban J connectivity index is 0.000000226. The number of nitrogen functional groups attached to an aromatic ring is 1. The summed E-state index contributed by atoms with van der Waals surface area (Å²) in [6.07, 6.45) is 1.92. The van der Waals surface area contributed by atoms with Crippen LogP contribution in [0.4, 0.5) is 37.3 Å². The summed E-state index contributed by atoms with van der Waals surface area (Å²) in [6, 6.07) is 8.00. The Hall–Kier alpha value is -3.69. The standard InChI is InChI=1S/C10H5Cl2FN4O2.C6H5ClFN.C4HCl2N3O2/c11-6-2-1-5(3-7(6)13)15-9-8(17(18)19)4-14-10(12)16-9;7-5-2-1-4(9)3-6(5)8;5-3-2(9(10)11)1-7-4(6)8-3/h1-4H,(H,14,15,16);1-3H,9H2;1H. The largest absolute Gasteiger partial charge is 0.399 e. The Labute approximate surface area is 242 Å². The highest BCUT2D eigenvalue weighted by Crippen LogP contribution is 2.27. The molecule has 0 aliphatic carbocycles. The van der Waals surface area contributed by atoms with Crippen LogP contribution in [0, 0.1) is 31.9 Å². The van der Waals surface area contributed by atoms with Crippen LogP contribution < -0.4 is 11.1 Å². The molecule has 0 aliphatic rings. The van der Waals surface area contributed by atoms with E-state index in [9.17, 15) is 29.0 Å². The molecule has 0 unspecified atom stereocenters. The number of nitrogens with zero attached hydrogens (tertiary/aromatic N) is 6. The highest BCUT2D eigenvalue weighted by molar-refractivity contribution is 6.33. The maximum atomic E-state index is 13.3. The first-order chi connectivity index (χ1) is 18.3. The number of hydrogen-bond donors (Lipinski definition) is 2. The van der Waals surface area contributed by atoms with Gasteiger partial charge in [-0.15, -0.1) is 0 Å². The molecule has 0 fully saturated rings. The van der Waals surface area contributed by atoms with Gasteiger partial charge in [-0.25, -0.2) is 18.7 Å². The lowest BCUT2D eigenvalue weighted by Gasteiger charge is -2.06. The van der Waals surface area contributed by atoms with E-state index in [-0.39, 0.29) is 48.6 Å². The van der Waals surface area contributed by atoms with Crippen LogP contribution in [-0.2, 0) is 0 Å². The van der Waals surface area contributed by atoms with Crippen molar-refractivity contribution in [2.24, 2.45) is 0 Å². The van der Waals surface area contributed by atoms with Crippen LogP contribution >= 0.6 is 58.0 Å². The van der Waals surface area contributed by atoms with Crippen LogP contribution in [0.1, 0.15) is 0 Å². The molecule has 0 bridgehead atoms. The van der Waals surface area contributed by atoms with Crippen molar-refractivity contribution in [2.45, 2.75) is 0 Å². The molecule has 204 valence electrons. The molecule has 12 nitrogen and oxygen atoms in total. The van der Waals surface area contributed by atoms with Gasteiger partial charge in [-0.2, -0.15) is 9.97 Å². The van der Waals surface area contributed by atoms with Crippen molar-refractivity contribution in [3.05, 3.63) is 106 Å². The molecular weight excluding hydrogens is 632 g/mol. The molecule has 19 heteroatoms. The number of rotatable bonds is 4. The zero-order valence-electron chi connectivity index (χ0n) is 18.7. The first-order valence-corrected chi connectivity index (χ1v) is 11.6. The Kier molecular flexibility index (Phi) is 11.7. The van der Waals surface area contributed by atoms with E-state index in [4.69, 9.17) is 63.7 Å². The minimum absolute atomic E-state index is 0.0548. The van der Waals surface area contributed by atoms with Crippen LogP contribution in [-0.4, -0.2) is 29.8 Å². The molecule has 0 spiro atoms. The van der Waals surface area contributed by atoms with Crippen LogP contribution in [0.25, 0.3) is 0 Å². The van der Waals surface area contributed by atoms with Gasteiger partial charge in [-0.3, -0.25) is 20.2 Å². The Bertz CT molecular complexity index is 1520. The fourth-order valence-corrected chi connectivity index (χ4v) is 3.00. The second-order valence-electron chi connectivity index (χ2n) is 6.63. The van der Waals surface area contributed by atoms with Gasteiger partial charge in [0.15, 0.2) is 0 Å². The molecule has 2 heterocycles. The Morgan fingerprint density at radius 1 is 0.769 bits per heavy atom. The number of nitrogens with two attached hydrogens (primary N) is 1. The average molecular weight is 643 g/mol. The third-order valence-electron chi connectivity index (χ3n) is 3.95. The lowest BCUT2D eigenvalue weighted by atomic mass is 10.3. The molecule has 0 amide bonds. The molecule has 39 heavy (non-hydrogen) atoms. The Morgan fingerprint density at radius 3 is 1.77 bits per heavy atom. The topological polar surface area (TPSA) is 176 Å². The number of nitrogens with one attached hydrogen (secondary N) is 1. The average Bonchev–Trinajstić information content (AvgIpc) is 2.84. The minimum Gasteiger partial charge on any atom is -0.399 e. The van der Waals surface area contributed by atoms with Crippen LogP contribution in [0.2, 0.25) is 25.8 Å². The fourth-order valence-electron chi connectivity index (χ4n) is 2.26.